The molecule has 0 amide bonds. The molecule has 0 aromatic heterocycles. The Kier molecular flexibility index (Phi) is 6.25. The molecule has 0 unspecified atom stereocenters. The molecular weight excluding hydrogens is 400 g/mol. The highest BCUT2D eigenvalue weighted by molar-refractivity contribution is 6.22. The van der Waals surface area contributed by atoms with Crippen LogP contribution in [0, 0.1) is 0 Å². The molecule has 0 saturated heterocycles. The Morgan fingerprint density at radius 1 is 0.935 bits per heavy atom. The predicted molar refractivity (Wildman–Crippen MR) is 115 cm³/mol. The van der Waals surface area contributed by atoms with Gasteiger partial charge < -0.3 is 24.1 Å². The summed E-state index contributed by atoms with van der Waals surface area (Å²) in [6.45, 7) is 11.5. The molecule has 2 aliphatic rings. The normalized spacial score (nSPS) is 18.7. The number of rotatable bonds is 5. The predicted octanol–water partition coefficient (Wildman–Crippen LogP) is 4.11. The van der Waals surface area contributed by atoms with Crippen LogP contribution in [0.15, 0.2) is 6.08 Å². The van der Waals surface area contributed by atoms with E-state index in [0.29, 0.717) is 53.9 Å². The molecule has 31 heavy (non-hydrogen) atoms. The fourth-order valence-corrected chi connectivity index (χ4v) is 4.02. The van der Waals surface area contributed by atoms with Gasteiger partial charge in [-0.3, -0.25) is 0 Å². The third kappa shape index (κ3) is 4.65. The number of ether oxygens (including phenoxy) is 4. The van der Waals surface area contributed by atoms with Gasteiger partial charge in [0.05, 0.1) is 18.8 Å². The molecule has 1 aromatic carbocycles. The summed E-state index contributed by atoms with van der Waals surface area (Å²) in [4.78, 5) is 25.3. The minimum Gasteiger partial charge on any atom is -0.504 e. The van der Waals surface area contributed by atoms with Crippen LogP contribution in [0.5, 0.6) is 17.2 Å². The van der Waals surface area contributed by atoms with Gasteiger partial charge in [0.1, 0.15) is 17.0 Å². The van der Waals surface area contributed by atoms with Gasteiger partial charge in [0.25, 0.3) is 0 Å². The van der Waals surface area contributed by atoms with E-state index in [1.807, 2.05) is 27.7 Å². The van der Waals surface area contributed by atoms with Gasteiger partial charge in [-0.1, -0.05) is 0 Å². The summed E-state index contributed by atoms with van der Waals surface area (Å²) in [5.41, 5.74) is 0.730. The van der Waals surface area contributed by atoms with Crippen LogP contribution in [-0.4, -0.2) is 41.5 Å². The number of phenolic OH excluding ortho intramolecular Hbond substituents is 1. The zero-order valence-electron chi connectivity index (χ0n) is 19.2. The van der Waals surface area contributed by atoms with E-state index in [0.717, 1.165) is 6.08 Å². The molecule has 3 rings (SSSR count). The number of benzene rings is 1. The molecule has 0 radical (unpaired) electrons. The fraction of sp³-hybridized carbons (Fsp3) is 0.583. The van der Waals surface area contributed by atoms with Crippen molar-refractivity contribution in [3.63, 3.8) is 0 Å². The first-order valence-electron chi connectivity index (χ1n) is 10.8. The number of hydrogen-bond acceptors (Lipinski definition) is 7. The van der Waals surface area contributed by atoms with Crippen molar-refractivity contribution < 1.29 is 33.6 Å². The number of carbonyl (C=O) groups excluding carboxylic acids is 2. The van der Waals surface area contributed by atoms with Crippen LogP contribution in [0.4, 0.5) is 0 Å². The van der Waals surface area contributed by atoms with Crippen LogP contribution >= 0.6 is 0 Å². The first-order chi connectivity index (χ1) is 14.5. The van der Waals surface area contributed by atoms with Crippen molar-refractivity contribution in [3.8, 4) is 17.2 Å². The molecule has 7 nitrogen and oxygen atoms in total. The molecule has 1 aromatic rings. The second-order valence-corrected chi connectivity index (χ2v) is 9.09. The second kappa shape index (κ2) is 8.44. The van der Waals surface area contributed by atoms with E-state index >= 15 is 0 Å². The highest BCUT2D eigenvalue weighted by atomic mass is 16.5. The van der Waals surface area contributed by atoms with E-state index in [4.69, 9.17) is 18.9 Å². The molecular formula is C24H32O7. The van der Waals surface area contributed by atoms with E-state index in [1.165, 1.54) is 0 Å². The Hall–Kier alpha value is -2.70. The molecule has 0 fully saturated rings. The van der Waals surface area contributed by atoms with E-state index in [1.54, 1.807) is 13.8 Å². The molecule has 1 N–H and O–H groups in total. The van der Waals surface area contributed by atoms with Gasteiger partial charge >= 0.3 is 11.9 Å². The third-order valence-corrected chi connectivity index (χ3v) is 5.60. The van der Waals surface area contributed by atoms with Crippen molar-refractivity contribution in [2.45, 2.75) is 78.4 Å². The number of esters is 2. The van der Waals surface area contributed by atoms with E-state index < -0.39 is 23.1 Å². The van der Waals surface area contributed by atoms with Gasteiger partial charge in [-0.15, -0.1) is 0 Å². The molecule has 2 heterocycles. The fourth-order valence-electron chi connectivity index (χ4n) is 4.02. The lowest BCUT2D eigenvalue weighted by molar-refractivity contribution is -0.139. The maximum atomic E-state index is 13.0. The van der Waals surface area contributed by atoms with Gasteiger partial charge in [-0.05, 0) is 67.2 Å². The van der Waals surface area contributed by atoms with Gasteiger partial charge in [-0.25, -0.2) is 9.59 Å². The Balaban J connectivity index is 2.32. The van der Waals surface area contributed by atoms with Crippen LogP contribution in [0.1, 0.15) is 71.1 Å². The molecule has 0 atom stereocenters. The third-order valence-electron chi connectivity index (χ3n) is 5.60. The summed E-state index contributed by atoms with van der Waals surface area (Å²) >= 11 is 0. The standard InChI is InChI=1S/C24H32O7/c1-7-28-17(25)13-16(22(27)29-8-2)18-14-9-11-24(5,6)31-21(14)19(26)15-10-12-23(3,4)30-20(15)18/h13,26H,7-12H2,1-6H3/b16-13-. The Bertz CT molecular complexity index is 925. The zero-order chi connectivity index (χ0) is 23.0. The number of fused-ring (bicyclic) bond motifs is 2. The lowest BCUT2D eigenvalue weighted by Gasteiger charge is -2.39. The molecule has 170 valence electrons. The topological polar surface area (TPSA) is 91.3 Å². The Morgan fingerprint density at radius 3 is 2.06 bits per heavy atom. The van der Waals surface area contributed by atoms with Crippen molar-refractivity contribution in [1.82, 2.24) is 0 Å². The van der Waals surface area contributed by atoms with Crippen molar-refractivity contribution in [3.05, 3.63) is 22.8 Å². The quantitative estimate of drug-likeness (QED) is 0.553. The average Bonchev–Trinajstić information content (AvgIpc) is 2.67. The van der Waals surface area contributed by atoms with Gasteiger partial charge in [0.15, 0.2) is 11.5 Å². The summed E-state index contributed by atoms with van der Waals surface area (Å²) in [5, 5.41) is 11.1. The lowest BCUT2D eigenvalue weighted by atomic mass is 9.83. The SMILES string of the molecule is CCOC(=O)/C=C(\C(=O)OCC)c1c2c(c(O)c3c1OC(C)(C)CC3)OC(C)(C)CC2. The monoisotopic (exact) mass is 432 g/mol. The summed E-state index contributed by atoms with van der Waals surface area (Å²) < 4.78 is 22.8. The van der Waals surface area contributed by atoms with Crippen molar-refractivity contribution >= 4 is 17.5 Å². The first kappa shape index (κ1) is 23.0. The summed E-state index contributed by atoms with van der Waals surface area (Å²) in [7, 11) is 0. The van der Waals surface area contributed by atoms with Crippen LogP contribution in [0.2, 0.25) is 0 Å². The summed E-state index contributed by atoms with van der Waals surface area (Å²) in [6.07, 6.45) is 3.60. The lowest BCUT2D eigenvalue weighted by Crippen LogP contribution is -2.36. The largest absolute Gasteiger partial charge is 0.504 e. The second-order valence-electron chi connectivity index (χ2n) is 9.09. The Labute approximate surface area is 183 Å². The van der Waals surface area contributed by atoms with Crippen LogP contribution in [-0.2, 0) is 31.9 Å². The molecule has 0 aliphatic carbocycles. The maximum absolute atomic E-state index is 13.0. The van der Waals surface area contributed by atoms with Crippen LogP contribution < -0.4 is 9.47 Å². The highest BCUT2D eigenvalue weighted by Gasteiger charge is 2.40. The number of hydrogen-bond donors (Lipinski definition) is 1. The van der Waals surface area contributed by atoms with Crippen molar-refractivity contribution in [2.24, 2.45) is 0 Å². The molecule has 7 heteroatoms. The van der Waals surface area contributed by atoms with E-state index in [9.17, 15) is 14.7 Å². The number of aromatic hydroxyl groups is 1. The van der Waals surface area contributed by atoms with Gasteiger partial charge in [0, 0.05) is 22.8 Å². The summed E-state index contributed by atoms with van der Waals surface area (Å²) in [5.74, 6) is -0.515. The average molecular weight is 433 g/mol. The minimum atomic E-state index is -0.651. The molecule has 0 spiro atoms. The smallest absolute Gasteiger partial charge is 0.339 e. The van der Waals surface area contributed by atoms with Crippen molar-refractivity contribution in [2.75, 3.05) is 13.2 Å². The first-order valence-corrected chi connectivity index (χ1v) is 10.8. The van der Waals surface area contributed by atoms with Gasteiger partial charge in [-0.2, -0.15) is 0 Å². The number of carbonyl (C=O) groups is 2. The van der Waals surface area contributed by atoms with Crippen LogP contribution in [0.3, 0.4) is 0 Å². The molecule has 0 bridgehead atoms. The Morgan fingerprint density at radius 2 is 1.48 bits per heavy atom. The van der Waals surface area contributed by atoms with E-state index in [-0.39, 0.29) is 24.5 Å². The highest BCUT2D eigenvalue weighted by Crippen LogP contribution is 2.53. The van der Waals surface area contributed by atoms with Crippen molar-refractivity contribution in [1.29, 1.82) is 0 Å². The minimum absolute atomic E-state index is 0.0383. The molecule has 0 saturated carbocycles. The number of phenols is 1. The maximum Gasteiger partial charge on any atom is 0.339 e. The van der Waals surface area contributed by atoms with Crippen LogP contribution in [0.25, 0.3) is 5.57 Å². The van der Waals surface area contributed by atoms with Gasteiger partial charge in [0.2, 0.25) is 0 Å². The zero-order valence-corrected chi connectivity index (χ0v) is 19.2. The summed E-state index contributed by atoms with van der Waals surface area (Å²) in [6, 6.07) is 0. The van der Waals surface area contributed by atoms with E-state index in [2.05, 4.69) is 0 Å². The molecule has 2 aliphatic heterocycles.